The maximum Gasteiger partial charge on any atom is 0.0254 e. The molecule has 0 N–H and O–H groups in total. The highest BCUT2D eigenvalue weighted by molar-refractivity contribution is 5.25. The topological polar surface area (TPSA) is 3.24 Å². The number of hydrogen-bond donors (Lipinski definition) is 0. The molecule has 0 saturated heterocycles. The molecule has 2 heteroatoms. The third-order valence-corrected chi connectivity index (χ3v) is 15.7. The average molecular weight is 482 g/mol. The summed E-state index contributed by atoms with van der Waals surface area (Å²) in [6.07, 6.45) is 24.0. The second kappa shape index (κ2) is 7.09. The fraction of sp³-hybridized carbons (Fsp3) is 1.00. The first kappa shape index (κ1) is 22.8. The largest absolute Gasteiger partial charge is 0.285 e. The van der Waals surface area contributed by atoms with E-state index in [0.717, 1.165) is 71.0 Å². The van der Waals surface area contributed by atoms with Crippen LogP contribution in [0.2, 0.25) is 0 Å². The predicted octanol–water partition coefficient (Wildman–Crippen LogP) is 8.09. The molecule has 0 aromatic heterocycles. The predicted molar refractivity (Wildman–Crippen MR) is 141 cm³/mol. The standard InChI is InChI=1S/C33H51N.FH/c1-19-28-7-22-4-23(8-28)14-31(19,13-22)34(32-15-24-5-25(16-32)10-29(9-24)20(32)2)33-17-26-6-27(18-33)12-30(11-26)21(33)3;/h19-30H,4-18H2,1-3H3;1H. The number of halogens is 1. The van der Waals surface area contributed by atoms with Crippen LogP contribution < -0.4 is 0 Å². The molecule has 9 unspecified atom stereocenters. The molecule has 0 aromatic carbocycles. The van der Waals surface area contributed by atoms with Crippen molar-refractivity contribution in [2.24, 2.45) is 71.0 Å². The van der Waals surface area contributed by atoms with E-state index in [4.69, 9.17) is 0 Å². The molecule has 12 aliphatic carbocycles. The lowest BCUT2D eigenvalue weighted by Crippen LogP contribution is -2.82. The van der Waals surface area contributed by atoms with Gasteiger partial charge in [-0.1, -0.05) is 20.8 Å². The maximum absolute atomic E-state index is 3.67. The van der Waals surface area contributed by atoms with Crippen LogP contribution in [-0.4, -0.2) is 21.5 Å². The summed E-state index contributed by atoms with van der Waals surface area (Å²) in [5.41, 5.74) is 1.69. The number of nitrogens with zero attached hydrogens (tertiary/aromatic N) is 1. The van der Waals surface area contributed by atoms with Gasteiger partial charge in [0, 0.05) is 16.6 Å². The molecule has 196 valence electrons. The zero-order valence-electron chi connectivity index (χ0n) is 22.9. The van der Waals surface area contributed by atoms with Gasteiger partial charge in [-0.15, -0.1) is 0 Å². The molecule has 0 spiro atoms. The molecule has 9 atom stereocenters. The first-order valence-corrected chi connectivity index (χ1v) is 16.2. The van der Waals surface area contributed by atoms with Crippen molar-refractivity contribution in [3.8, 4) is 0 Å². The summed E-state index contributed by atoms with van der Waals surface area (Å²) in [6, 6.07) is 0. The summed E-state index contributed by atoms with van der Waals surface area (Å²) in [5.74, 6) is 12.5. The fourth-order valence-corrected chi connectivity index (χ4v) is 15.2. The highest BCUT2D eigenvalue weighted by atomic mass is 19.0. The van der Waals surface area contributed by atoms with Gasteiger partial charge in [-0.3, -0.25) is 9.60 Å². The van der Waals surface area contributed by atoms with Gasteiger partial charge in [-0.25, -0.2) is 0 Å². The van der Waals surface area contributed by atoms with E-state index in [2.05, 4.69) is 25.7 Å². The molecule has 0 heterocycles. The van der Waals surface area contributed by atoms with Crippen LogP contribution in [0.3, 0.4) is 0 Å². The van der Waals surface area contributed by atoms with Gasteiger partial charge in [-0.2, -0.15) is 0 Å². The molecule has 12 rings (SSSR count). The Kier molecular flexibility index (Phi) is 4.63. The van der Waals surface area contributed by atoms with E-state index in [1.54, 1.807) is 96.3 Å². The number of hydrogen-bond acceptors (Lipinski definition) is 1. The molecular weight excluding hydrogens is 429 g/mol. The minimum atomic E-state index is 0. The van der Waals surface area contributed by atoms with E-state index in [0.29, 0.717) is 16.6 Å². The van der Waals surface area contributed by atoms with Crippen molar-refractivity contribution in [1.29, 1.82) is 0 Å². The van der Waals surface area contributed by atoms with Crippen molar-refractivity contribution in [1.82, 2.24) is 4.90 Å². The molecule has 12 aliphatic rings. The van der Waals surface area contributed by atoms with Gasteiger partial charge in [0.2, 0.25) is 0 Å². The average Bonchev–Trinajstić information content (AvgIpc) is 2.78. The summed E-state index contributed by atoms with van der Waals surface area (Å²) in [5, 5.41) is 0. The molecular formula is C33H52FN. The summed E-state index contributed by atoms with van der Waals surface area (Å²) in [7, 11) is 0. The fourth-order valence-electron chi connectivity index (χ4n) is 15.2. The van der Waals surface area contributed by atoms with Crippen LogP contribution >= 0.6 is 0 Å². The Labute approximate surface area is 214 Å². The normalized spacial score (nSPS) is 64.8. The van der Waals surface area contributed by atoms with Crippen molar-refractivity contribution in [2.75, 3.05) is 0 Å². The Morgan fingerprint density at radius 2 is 0.629 bits per heavy atom. The lowest BCUT2D eigenvalue weighted by Gasteiger charge is -2.79. The van der Waals surface area contributed by atoms with E-state index in [9.17, 15) is 0 Å². The van der Waals surface area contributed by atoms with Crippen LogP contribution in [0.1, 0.15) is 117 Å². The monoisotopic (exact) mass is 481 g/mol. The van der Waals surface area contributed by atoms with Crippen LogP contribution in [0, 0.1) is 71.0 Å². The second-order valence-electron chi connectivity index (χ2n) is 16.8. The Morgan fingerprint density at radius 1 is 0.400 bits per heavy atom. The van der Waals surface area contributed by atoms with Gasteiger partial charge in [0.05, 0.1) is 0 Å². The lowest BCUT2D eigenvalue weighted by atomic mass is 9.40. The quantitative estimate of drug-likeness (QED) is 0.394. The van der Waals surface area contributed by atoms with E-state index in [1.807, 2.05) is 0 Å². The van der Waals surface area contributed by atoms with Gasteiger partial charge in [0.1, 0.15) is 0 Å². The summed E-state index contributed by atoms with van der Waals surface area (Å²) in [6.45, 7) is 8.39. The first-order chi connectivity index (χ1) is 16.4. The van der Waals surface area contributed by atoms with Crippen LogP contribution in [0.15, 0.2) is 0 Å². The van der Waals surface area contributed by atoms with Crippen molar-refractivity contribution in [2.45, 2.75) is 134 Å². The Morgan fingerprint density at radius 3 is 0.857 bits per heavy atom. The van der Waals surface area contributed by atoms with Gasteiger partial charge in [-0.05, 0) is 167 Å². The summed E-state index contributed by atoms with van der Waals surface area (Å²) < 4.78 is 0. The van der Waals surface area contributed by atoms with Crippen molar-refractivity contribution in [3.63, 3.8) is 0 Å². The van der Waals surface area contributed by atoms with Gasteiger partial charge in [0.25, 0.3) is 0 Å². The third kappa shape index (κ3) is 2.66. The molecule has 12 bridgehead atoms. The molecule has 0 aromatic rings. The minimum absolute atomic E-state index is 0. The number of rotatable bonds is 3. The second-order valence-corrected chi connectivity index (χ2v) is 16.8. The Balaban J connectivity index is 0.00000196. The molecule has 12 saturated carbocycles. The van der Waals surface area contributed by atoms with Gasteiger partial charge < -0.3 is 0 Å². The van der Waals surface area contributed by atoms with Crippen LogP contribution in [-0.2, 0) is 0 Å². The zero-order valence-corrected chi connectivity index (χ0v) is 22.9. The minimum Gasteiger partial charge on any atom is -0.285 e. The Bertz CT molecular complexity index is 739. The van der Waals surface area contributed by atoms with E-state index < -0.39 is 0 Å². The summed E-state index contributed by atoms with van der Waals surface area (Å²) in [4.78, 5) is 3.67. The van der Waals surface area contributed by atoms with Crippen LogP contribution in [0.5, 0.6) is 0 Å². The van der Waals surface area contributed by atoms with Crippen molar-refractivity contribution >= 4 is 0 Å². The van der Waals surface area contributed by atoms with E-state index in [1.165, 1.54) is 0 Å². The van der Waals surface area contributed by atoms with Crippen molar-refractivity contribution < 1.29 is 4.70 Å². The first-order valence-electron chi connectivity index (χ1n) is 16.2. The molecule has 0 radical (unpaired) electrons. The SMILES string of the molecule is CC1C2CC3CC(C2)CC1(N(C12CC4CC(CC(C4)C1C)C2)C12CC4CC(CC(C4)C1C)C2)C3.F. The van der Waals surface area contributed by atoms with Crippen LogP contribution in [0.4, 0.5) is 4.70 Å². The van der Waals surface area contributed by atoms with E-state index >= 15 is 0 Å². The molecule has 1 nitrogen and oxygen atoms in total. The van der Waals surface area contributed by atoms with E-state index in [-0.39, 0.29) is 4.70 Å². The third-order valence-electron chi connectivity index (χ3n) is 15.7. The highest BCUT2D eigenvalue weighted by Gasteiger charge is 2.72. The lowest BCUT2D eigenvalue weighted by molar-refractivity contribution is -0.289. The Hall–Kier alpha value is -0.110. The maximum atomic E-state index is 3.67. The zero-order chi connectivity index (χ0) is 22.6. The molecule has 0 aliphatic heterocycles. The molecule has 12 fully saturated rings. The summed E-state index contributed by atoms with van der Waals surface area (Å²) >= 11 is 0. The van der Waals surface area contributed by atoms with Crippen molar-refractivity contribution in [3.05, 3.63) is 0 Å². The van der Waals surface area contributed by atoms with Crippen LogP contribution in [0.25, 0.3) is 0 Å². The molecule has 35 heavy (non-hydrogen) atoms. The van der Waals surface area contributed by atoms with Gasteiger partial charge >= 0.3 is 0 Å². The van der Waals surface area contributed by atoms with Gasteiger partial charge in [0.15, 0.2) is 0 Å². The smallest absolute Gasteiger partial charge is 0.0254 e. The molecule has 0 amide bonds. The highest BCUT2D eigenvalue weighted by Crippen LogP contribution is 2.72.